The van der Waals surface area contributed by atoms with E-state index < -0.39 is 6.04 Å². The Kier molecular flexibility index (Phi) is 5.92. The van der Waals surface area contributed by atoms with E-state index in [1.165, 1.54) is 4.90 Å². The van der Waals surface area contributed by atoms with Crippen LogP contribution in [-0.4, -0.2) is 31.1 Å². The Hall–Kier alpha value is -2.99. The van der Waals surface area contributed by atoms with Crippen LogP contribution in [0.5, 0.6) is 11.5 Å². The molecule has 0 saturated carbocycles. The summed E-state index contributed by atoms with van der Waals surface area (Å²) in [6.07, 6.45) is 1.97. The zero-order valence-corrected chi connectivity index (χ0v) is 18.5. The molecule has 1 atom stereocenters. The van der Waals surface area contributed by atoms with Gasteiger partial charge in [-0.2, -0.15) is 0 Å². The van der Waals surface area contributed by atoms with Crippen LogP contribution in [0.25, 0.3) is 11.0 Å². The highest BCUT2D eigenvalue weighted by atomic mass is 35.5. The molecule has 0 aliphatic carbocycles. The number of carbonyl (C=O) groups excluding carboxylic acids is 1. The van der Waals surface area contributed by atoms with Crippen molar-refractivity contribution < 1.29 is 18.7 Å². The van der Waals surface area contributed by atoms with Crippen molar-refractivity contribution in [1.29, 1.82) is 0 Å². The number of unbranched alkanes of at least 4 members (excludes halogenated alkanes) is 1. The average Bonchev–Trinajstić information content (AvgIpc) is 3.01. The van der Waals surface area contributed by atoms with E-state index in [-0.39, 0.29) is 17.1 Å². The summed E-state index contributed by atoms with van der Waals surface area (Å²) in [6, 6.07) is 9.72. The first-order chi connectivity index (χ1) is 15.0. The van der Waals surface area contributed by atoms with Crippen LogP contribution in [0.2, 0.25) is 5.02 Å². The van der Waals surface area contributed by atoms with Crippen LogP contribution in [0.1, 0.15) is 54.4 Å². The van der Waals surface area contributed by atoms with E-state index in [2.05, 4.69) is 6.92 Å². The van der Waals surface area contributed by atoms with Gasteiger partial charge < -0.3 is 18.8 Å². The number of nitrogens with zero attached hydrogens (tertiary/aromatic N) is 1. The summed E-state index contributed by atoms with van der Waals surface area (Å²) in [6.45, 7) is 5.06. The van der Waals surface area contributed by atoms with Gasteiger partial charge in [0.2, 0.25) is 5.76 Å². The van der Waals surface area contributed by atoms with E-state index in [1.54, 1.807) is 25.2 Å². The van der Waals surface area contributed by atoms with Crippen molar-refractivity contribution in [2.75, 3.05) is 20.3 Å². The predicted molar refractivity (Wildman–Crippen MR) is 119 cm³/mol. The van der Waals surface area contributed by atoms with Gasteiger partial charge in [-0.3, -0.25) is 9.59 Å². The number of carbonyl (C=O) groups is 1. The van der Waals surface area contributed by atoms with Crippen molar-refractivity contribution in [2.24, 2.45) is 0 Å². The fourth-order valence-electron chi connectivity index (χ4n) is 3.86. The molecule has 7 heteroatoms. The summed E-state index contributed by atoms with van der Waals surface area (Å²) in [5.41, 5.74) is 1.13. The molecule has 31 heavy (non-hydrogen) atoms. The van der Waals surface area contributed by atoms with Gasteiger partial charge in [0.25, 0.3) is 5.91 Å². The Morgan fingerprint density at radius 3 is 2.61 bits per heavy atom. The normalized spacial score (nSPS) is 15.4. The van der Waals surface area contributed by atoms with Crippen LogP contribution in [0.3, 0.4) is 0 Å². The third kappa shape index (κ3) is 3.76. The Morgan fingerprint density at radius 2 is 1.87 bits per heavy atom. The van der Waals surface area contributed by atoms with Crippen LogP contribution in [0.15, 0.2) is 45.6 Å². The molecule has 0 radical (unpaired) electrons. The second kappa shape index (κ2) is 8.63. The molecule has 3 aromatic rings. The molecule has 4 rings (SSSR count). The minimum absolute atomic E-state index is 0.0635. The summed E-state index contributed by atoms with van der Waals surface area (Å²) in [7, 11) is 1.66. The zero-order valence-electron chi connectivity index (χ0n) is 17.7. The maximum absolute atomic E-state index is 13.3. The van der Waals surface area contributed by atoms with Crippen LogP contribution >= 0.6 is 11.6 Å². The number of ether oxygens (including phenoxy) is 2. The molecular formula is C24H24ClNO5. The minimum Gasteiger partial charge on any atom is -0.490 e. The molecule has 0 fully saturated rings. The fourth-order valence-corrected chi connectivity index (χ4v) is 4.03. The molecule has 1 unspecified atom stereocenters. The molecule has 6 nitrogen and oxygen atoms in total. The quantitative estimate of drug-likeness (QED) is 0.471. The number of rotatable bonds is 7. The third-order valence-corrected chi connectivity index (χ3v) is 5.64. The van der Waals surface area contributed by atoms with Crippen molar-refractivity contribution in [1.82, 2.24) is 4.90 Å². The maximum atomic E-state index is 13.3. The lowest BCUT2D eigenvalue weighted by Gasteiger charge is -2.22. The highest BCUT2D eigenvalue weighted by Crippen LogP contribution is 2.40. The summed E-state index contributed by atoms with van der Waals surface area (Å²) in [5.74, 6) is 0.950. The molecule has 1 amide bonds. The van der Waals surface area contributed by atoms with Gasteiger partial charge in [0.05, 0.1) is 30.2 Å². The average molecular weight is 442 g/mol. The van der Waals surface area contributed by atoms with Crippen LogP contribution in [-0.2, 0) is 0 Å². The minimum atomic E-state index is -0.592. The summed E-state index contributed by atoms with van der Waals surface area (Å²) in [5, 5.41) is 0.782. The van der Waals surface area contributed by atoms with E-state index in [4.69, 9.17) is 25.5 Å². The van der Waals surface area contributed by atoms with Gasteiger partial charge in [-0.1, -0.05) is 31.0 Å². The molecule has 1 aliphatic rings. The molecule has 0 saturated heterocycles. The number of fused-ring (bicyclic) bond motifs is 2. The Morgan fingerprint density at radius 1 is 1.06 bits per heavy atom. The standard InChI is InChI=1S/C24H24ClNO5/c1-4-6-11-30-18-9-7-14(12-19(18)29-5-2)21-20-22(27)16-13-15(25)8-10-17(16)31-23(20)24(28)26(21)3/h7-10,12-13,21H,4-6,11H2,1-3H3. The number of hydrogen-bond donors (Lipinski definition) is 0. The molecule has 2 heterocycles. The first-order valence-electron chi connectivity index (χ1n) is 10.4. The van der Waals surface area contributed by atoms with Gasteiger partial charge in [0, 0.05) is 12.1 Å². The lowest BCUT2D eigenvalue weighted by Crippen LogP contribution is -2.25. The monoisotopic (exact) mass is 441 g/mol. The lowest BCUT2D eigenvalue weighted by molar-refractivity contribution is 0.0771. The molecule has 1 aliphatic heterocycles. The second-order valence-electron chi connectivity index (χ2n) is 7.47. The molecule has 0 spiro atoms. The van der Waals surface area contributed by atoms with Crippen molar-refractivity contribution in [2.45, 2.75) is 32.7 Å². The van der Waals surface area contributed by atoms with Gasteiger partial charge in [-0.25, -0.2) is 0 Å². The van der Waals surface area contributed by atoms with Gasteiger partial charge in [-0.15, -0.1) is 0 Å². The fraction of sp³-hybridized carbons (Fsp3) is 0.333. The molecule has 0 N–H and O–H groups in total. The zero-order chi connectivity index (χ0) is 22.1. The number of benzene rings is 2. The Bertz CT molecular complexity index is 1200. The van der Waals surface area contributed by atoms with Crippen LogP contribution in [0.4, 0.5) is 0 Å². The van der Waals surface area contributed by atoms with E-state index in [9.17, 15) is 9.59 Å². The number of amides is 1. The summed E-state index contributed by atoms with van der Waals surface area (Å²) >= 11 is 6.09. The topological polar surface area (TPSA) is 69.0 Å². The van der Waals surface area contributed by atoms with E-state index in [0.717, 1.165) is 18.4 Å². The highest BCUT2D eigenvalue weighted by molar-refractivity contribution is 6.31. The molecule has 0 bridgehead atoms. The molecular weight excluding hydrogens is 418 g/mol. The van der Waals surface area contributed by atoms with Gasteiger partial charge >= 0.3 is 0 Å². The Balaban J connectivity index is 1.83. The van der Waals surface area contributed by atoms with E-state index in [0.29, 0.717) is 46.3 Å². The summed E-state index contributed by atoms with van der Waals surface area (Å²) < 4.78 is 17.5. The van der Waals surface area contributed by atoms with E-state index >= 15 is 0 Å². The van der Waals surface area contributed by atoms with Gasteiger partial charge in [-0.05, 0) is 49.2 Å². The van der Waals surface area contributed by atoms with Crippen molar-refractivity contribution in [3.8, 4) is 11.5 Å². The third-order valence-electron chi connectivity index (χ3n) is 5.40. The maximum Gasteiger partial charge on any atom is 0.290 e. The first kappa shape index (κ1) is 21.2. The lowest BCUT2D eigenvalue weighted by atomic mass is 9.98. The van der Waals surface area contributed by atoms with Crippen molar-refractivity contribution in [3.63, 3.8) is 0 Å². The van der Waals surface area contributed by atoms with Crippen molar-refractivity contribution in [3.05, 3.63) is 68.5 Å². The largest absolute Gasteiger partial charge is 0.490 e. The number of halogens is 1. The van der Waals surface area contributed by atoms with Crippen molar-refractivity contribution >= 4 is 28.5 Å². The van der Waals surface area contributed by atoms with E-state index in [1.807, 2.05) is 25.1 Å². The number of hydrogen-bond acceptors (Lipinski definition) is 5. The predicted octanol–water partition coefficient (Wildman–Crippen LogP) is 5.20. The van der Waals surface area contributed by atoms with Gasteiger partial charge in [0.1, 0.15) is 5.58 Å². The molecule has 162 valence electrons. The SMILES string of the molecule is CCCCOc1ccc(C2c3c(oc4ccc(Cl)cc4c3=O)C(=O)N2C)cc1OCC. The van der Waals surface area contributed by atoms with Gasteiger partial charge in [0.15, 0.2) is 16.9 Å². The first-order valence-corrected chi connectivity index (χ1v) is 10.8. The highest BCUT2D eigenvalue weighted by Gasteiger charge is 2.41. The smallest absolute Gasteiger partial charge is 0.290 e. The summed E-state index contributed by atoms with van der Waals surface area (Å²) in [4.78, 5) is 27.8. The Labute approximate surface area is 185 Å². The molecule has 2 aromatic carbocycles. The van der Waals surface area contributed by atoms with Crippen LogP contribution in [0, 0.1) is 0 Å². The second-order valence-corrected chi connectivity index (χ2v) is 7.91. The molecule has 1 aromatic heterocycles. The van der Waals surface area contributed by atoms with Crippen LogP contribution < -0.4 is 14.9 Å².